The molecule has 0 radical (unpaired) electrons. The summed E-state index contributed by atoms with van der Waals surface area (Å²) in [6, 6.07) is 9.15. The molecule has 2 N–H and O–H groups in total. The van der Waals surface area contributed by atoms with Gasteiger partial charge in [-0.25, -0.2) is 0 Å². The molecule has 3 nitrogen and oxygen atoms in total. The van der Waals surface area contributed by atoms with Gasteiger partial charge >= 0.3 is 0 Å². The Labute approximate surface area is 122 Å². The molecule has 0 amide bonds. The van der Waals surface area contributed by atoms with Gasteiger partial charge in [-0.05, 0) is 18.6 Å². The molecule has 3 heteroatoms. The van der Waals surface area contributed by atoms with Crippen molar-refractivity contribution in [2.24, 2.45) is 0 Å². The normalized spacial score (nSPS) is 13.9. The number of benzene rings is 1. The lowest BCUT2D eigenvalue weighted by atomic mass is 10.0. The van der Waals surface area contributed by atoms with E-state index >= 15 is 0 Å². The van der Waals surface area contributed by atoms with Crippen LogP contribution in [0, 0.1) is 0 Å². The van der Waals surface area contributed by atoms with Gasteiger partial charge in [0.25, 0.3) is 0 Å². The first-order chi connectivity index (χ1) is 9.70. The Bertz CT molecular complexity index is 339. The van der Waals surface area contributed by atoms with Crippen molar-refractivity contribution in [2.45, 2.75) is 64.1 Å². The largest absolute Gasteiger partial charge is 0.460 e. The molecule has 20 heavy (non-hydrogen) atoms. The molecule has 0 aromatic heterocycles. The van der Waals surface area contributed by atoms with Crippen molar-refractivity contribution in [3.05, 3.63) is 30.3 Å². The number of aliphatic hydroxyl groups is 2. The molecule has 1 aromatic carbocycles. The second kappa shape index (κ2) is 9.78. The summed E-state index contributed by atoms with van der Waals surface area (Å²) in [6.45, 7) is 1.83. The first kappa shape index (κ1) is 17.0. The van der Waals surface area contributed by atoms with Gasteiger partial charge in [-0.15, -0.1) is 0 Å². The Hall–Kier alpha value is -1.06. The van der Waals surface area contributed by atoms with Crippen LogP contribution in [0.2, 0.25) is 0 Å². The zero-order chi connectivity index (χ0) is 14.7. The molecule has 0 aliphatic carbocycles. The molecule has 0 aliphatic heterocycles. The van der Waals surface area contributed by atoms with Crippen molar-refractivity contribution in [1.29, 1.82) is 0 Å². The van der Waals surface area contributed by atoms with E-state index in [1.807, 2.05) is 18.2 Å². The van der Waals surface area contributed by atoms with Crippen LogP contribution in [0.25, 0.3) is 0 Å². The summed E-state index contributed by atoms with van der Waals surface area (Å²) >= 11 is 0. The van der Waals surface area contributed by atoms with Crippen LogP contribution in [-0.4, -0.2) is 22.6 Å². The Kier molecular flexibility index (Phi) is 8.31. The fourth-order valence-electron chi connectivity index (χ4n) is 2.23. The average Bonchev–Trinajstić information content (AvgIpc) is 2.47. The topological polar surface area (TPSA) is 49.7 Å². The molecule has 0 fully saturated rings. The number of aliphatic hydroxyl groups excluding tert-OH is 1. The first-order valence-corrected chi connectivity index (χ1v) is 7.77. The monoisotopic (exact) mass is 280 g/mol. The van der Waals surface area contributed by atoms with Gasteiger partial charge in [-0.3, -0.25) is 0 Å². The zero-order valence-electron chi connectivity index (χ0n) is 12.6. The van der Waals surface area contributed by atoms with E-state index in [0.717, 1.165) is 12.8 Å². The van der Waals surface area contributed by atoms with Gasteiger partial charge in [0.05, 0.1) is 0 Å². The molecular weight excluding hydrogens is 252 g/mol. The van der Waals surface area contributed by atoms with Crippen LogP contribution < -0.4 is 4.74 Å². The molecule has 0 bridgehead atoms. The minimum absolute atomic E-state index is 0.377. The highest BCUT2D eigenvalue weighted by Gasteiger charge is 2.27. The summed E-state index contributed by atoms with van der Waals surface area (Å²) in [6.07, 6.45) is 8.71. The number of unbranched alkanes of at least 4 members (excludes halogenated alkanes) is 6. The standard InChI is InChI=1S/C17H28O3/c1-2-3-4-5-6-7-11-14-17(19,15-18)20-16-12-9-8-10-13-16/h8-10,12-13,18-19H,2-7,11,14-15H2,1H3. The zero-order valence-corrected chi connectivity index (χ0v) is 12.6. The molecule has 1 atom stereocenters. The Morgan fingerprint density at radius 3 is 2.15 bits per heavy atom. The van der Waals surface area contributed by atoms with Crippen LogP contribution in [0.1, 0.15) is 58.3 Å². The molecule has 1 rings (SSSR count). The summed E-state index contributed by atoms with van der Waals surface area (Å²) in [5, 5.41) is 19.6. The quantitative estimate of drug-likeness (QED) is 0.477. The van der Waals surface area contributed by atoms with E-state index in [4.69, 9.17) is 4.74 Å². The highest BCUT2D eigenvalue weighted by Crippen LogP contribution is 2.21. The second-order valence-electron chi connectivity index (χ2n) is 5.39. The average molecular weight is 280 g/mol. The van der Waals surface area contributed by atoms with E-state index in [-0.39, 0.29) is 6.61 Å². The number of rotatable bonds is 11. The third kappa shape index (κ3) is 6.92. The Morgan fingerprint density at radius 1 is 0.950 bits per heavy atom. The number of para-hydroxylation sites is 1. The lowest BCUT2D eigenvalue weighted by molar-refractivity contribution is -0.170. The minimum atomic E-state index is -1.45. The molecule has 1 unspecified atom stereocenters. The van der Waals surface area contributed by atoms with Gasteiger partial charge in [0.15, 0.2) is 0 Å². The van der Waals surface area contributed by atoms with Crippen LogP contribution in [-0.2, 0) is 0 Å². The van der Waals surface area contributed by atoms with Crippen molar-refractivity contribution < 1.29 is 14.9 Å². The van der Waals surface area contributed by atoms with Gasteiger partial charge < -0.3 is 14.9 Å². The first-order valence-electron chi connectivity index (χ1n) is 7.77. The lowest BCUT2D eigenvalue weighted by Crippen LogP contribution is -2.39. The van der Waals surface area contributed by atoms with E-state index < -0.39 is 5.79 Å². The minimum Gasteiger partial charge on any atom is -0.460 e. The Morgan fingerprint density at radius 2 is 1.55 bits per heavy atom. The summed E-state index contributed by atoms with van der Waals surface area (Å²) in [5.41, 5.74) is 0. The lowest BCUT2D eigenvalue weighted by Gasteiger charge is -2.27. The van der Waals surface area contributed by atoms with Crippen LogP contribution in [0.3, 0.4) is 0 Å². The number of hydrogen-bond acceptors (Lipinski definition) is 3. The van der Waals surface area contributed by atoms with Gasteiger partial charge in [-0.1, -0.05) is 63.6 Å². The molecule has 0 heterocycles. The summed E-state index contributed by atoms with van der Waals surface area (Å²) in [4.78, 5) is 0. The molecule has 0 saturated carbocycles. The maximum Gasteiger partial charge on any atom is 0.231 e. The van der Waals surface area contributed by atoms with Crippen LogP contribution in [0.5, 0.6) is 5.75 Å². The molecule has 1 aromatic rings. The highest BCUT2D eigenvalue weighted by atomic mass is 16.6. The summed E-state index contributed by atoms with van der Waals surface area (Å²) in [7, 11) is 0. The SMILES string of the molecule is CCCCCCCCCC(O)(CO)Oc1ccccc1. The van der Waals surface area contributed by atoms with E-state index in [0.29, 0.717) is 12.2 Å². The Balaban J connectivity index is 2.24. The van der Waals surface area contributed by atoms with Gasteiger partial charge in [0.1, 0.15) is 12.4 Å². The highest BCUT2D eigenvalue weighted by molar-refractivity contribution is 5.21. The van der Waals surface area contributed by atoms with E-state index in [9.17, 15) is 10.2 Å². The van der Waals surface area contributed by atoms with Gasteiger partial charge in [-0.2, -0.15) is 0 Å². The van der Waals surface area contributed by atoms with E-state index in [1.165, 1.54) is 32.1 Å². The predicted octanol–water partition coefficient (Wildman–Crippen LogP) is 3.89. The van der Waals surface area contributed by atoms with Crippen LogP contribution in [0.15, 0.2) is 30.3 Å². The molecule has 0 aliphatic rings. The van der Waals surface area contributed by atoms with Crippen molar-refractivity contribution in [1.82, 2.24) is 0 Å². The van der Waals surface area contributed by atoms with Crippen molar-refractivity contribution >= 4 is 0 Å². The number of hydrogen-bond donors (Lipinski definition) is 2. The fraction of sp³-hybridized carbons (Fsp3) is 0.647. The van der Waals surface area contributed by atoms with Crippen LogP contribution in [0.4, 0.5) is 0 Å². The number of ether oxygens (including phenoxy) is 1. The third-order valence-corrected chi connectivity index (χ3v) is 3.47. The van der Waals surface area contributed by atoms with Gasteiger partial charge in [0.2, 0.25) is 5.79 Å². The summed E-state index contributed by atoms with van der Waals surface area (Å²) in [5.74, 6) is -0.864. The molecular formula is C17H28O3. The van der Waals surface area contributed by atoms with E-state index in [2.05, 4.69) is 6.92 Å². The van der Waals surface area contributed by atoms with Crippen molar-refractivity contribution in [3.8, 4) is 5.75 Å². The van der Waals surface area contributed by atoms with E-state index in [1.54, 1.807) is 12.1 Å². The maximum absolute atomic E-state index is 10.2. The van der Waals surface area contributed by atoms with Crippen molar-refractivity contribution in [2.75, 3.05) is 6.61 Å². The second-order valence-corrected chi connectivity index (χ2v) is 5.39. The smallest absolute Gasteiger partial charge is 0.231 e. The van der Waals surface area contributed by atoms with Crippen LogP contribution >= 0.6 is 0 Å². The predicted molar refractivity (Wildman–Crippen MR) is 81.7 cm³/mol. The van der Waals surface area contributed by atoms with Gasteiger partial charge in [0, 0.05) is 6.42 Å². The fourth-order valence-corrected chi connectivity index (χ4v) is 2.23. The third-order valence-electron chi connectivity index (χ3n) is 3.47. The molecule has 0 spiro atoms. The maximum atomic E-state index is 10.2. The molecule has 114 valence electrons. The molecule has 0 saturated heterocycles. The summed E-state index contributed by atoms with van der Waals surface area (Å²) < 4.78 is 5.50. The van der Waals surface area contributed by atoms with Crippen molar-refractivity contribution in [3.63, 3.8) is 0 Å².